The van der Waals surface area contributed by atoms with Crippen LogP contribution in [-0.2, 0) is 6.42 Å². The van der Waals surface area contributed by atoms with E-state index in [4.69, 9.17) is 11.6 Å². The van der Waals surface area contributed by atoms with Crippen LogP contribution < -0.4 is 5.32 Å². The Kier molecular flexibility index (Phi) is 6.25. The van der Waals surface area contributed by atoms with Gasteiger partial charge in [0, 0.05) is 31.1 Å². The topological polar surface area (TPSA) is 52.7 Å². The molecule has 2 aromatic rings. The fourth-order valence-electron chi connectivity index (χ4n) is 4.29. The van der Waals surface area contributed by atoms with Gasteiger partial charge in [0.15, 0.2) is 0 Å². The lowest BCUT2D eigenvalue weighted by Gasteiger charge is -2.44. The second-order valence-corrected chi connectivity index (χ2v) is 9.52. The monoisotopic (exact) mass is 443 g/mol. The van der Waals surface area contributed by atoms with E-state index in [1.54, 1.807) is 12.1 Å². The largest absolute Gasteiger partial charge is 0.324 e. The molecule has 0 unspecified atom stereocenters. The summed E-state index contributed by atoms with van der Waals surface area (Å²) in [5, 5.41) is 3.55. The molecule has 0 aromatic heterocycles. The quantitative estimate of drug-likeness (QED) is 0.716. The van der Waals surface area contributed by atoms with Gasteiger partial charge in [0.1, 0.15) is 0 Å². The van der Waals surface area contributed by atoms with Crippen LogP contribution in [0.5, 0.6) is 0 Å². The molecule has 2 heterocycles. The fourth-order valence-corrected chi connectivity index (χ4v) is 5.97. The van der Waals surface area contributed by atoms with Crippen molar-refractivity contribution in [2.24, 2.45) is 0 Å². The van der Waals surface area contributed by atoms with E-state index in [2.05, 4.69) is 12.2 Å². The molecule has 4 rings (SSSR count). The first-order chi connectivity index (χ1) is 14.5. The zero-order chi connectivity index (χ0) is 21.1. The predicted molar refractivity (Wildman–Crippen MR) is 123 cm³/mol. The number of likely N-dealkylation sites (tertiary alicyclic amines) is 1. The Morgan fingerprint density at radius 2 is 1.77 bits per heavy atom. The summed E-state index contributed by atoms with van der Waals surface area (Å²) in [6, 6.07) is 15.1. The van der Waals surface area contributed by atoms with Crippen molar-refractivity contribution in [2.75, 3.05) is 30.7 Å². The smallest absolute Gasteiger partial charge is 0.321 e. The average molecular weight is 444 g/mol. The molecule has 7 heteroatoms. The summed E-state index contributed by atoms with van der Waals surface area (Å²) in [5.41, 5.74) is 2.55. The van der Waals surface area contributed by atoms with Gasteiger partial charge in [-0.05, 0) is 43.0 Å². The molecule has 2 fully saturated rings. The predicted octanol–water partition coefficient (Wildman–Crippen LogP) is 5.12. The molecule has 0 aliphatic carbocycles. The molecule has 158 valence electrons. The van der Waals surface area contributed by atoms with Crippen LogP contribution in [-0.4, -0.2) is 52.0 Å². The van der Waals surface area contributed by atoms with Crippen LogP contribution >= 0.6 is 23.4 Å². The molecule has 0 bridgehead atoms. The fraction of sp³-hybridized carbons (Fsp3) is 0.391. The van der Waals surface area contributed by atoms with E-state index in [0.717, 1.165) is 36.3 Å². The van der Waals surface area contributed by atoms with E-state index in [9.17, 15) is 9.59 Å². The minimum atomic E-state index is -0.256. The number of hydrogen-bond acceptors (Lipinski definition) is 3. The average Bonchev–Trinajstić information content (AvgIpc) is 3.17. The lowest BCUT2D eigenvalue weighted by molar-refractivity contribution is 0.0586. The van der Waals surface area contributed by atoms with Crippen LogP contribution in [0.15, 0.2) is 48.5 Å². The minimum Gasteiger partial charge on any atom is -0.324 e. The second kappa shape index (κ2) is 8.90. The number of aryl methyl sites for hydroxylation is 1. The van der Waals surface area contributed by atoms with E-state index >= 15 is 0 Å². The molecular formula is C23H26ClN3O2S. The summed E-state index contributed by atoms with van der Waals surface area (Å²) in [6.45, 7) is 4.04. The van der Waals surface area contributed by atoms with E-state index in [0.29, 0.717) is 30.2 Å². The van der Waals surface area contributed by atoms with Crippen molar-refractivity contribution in [3.8, 4) is 0 Å². The molecule has 1 spiro atoms. The highest BCUT2D eigenvalue weighted by molar-refractivity contribution is 8.00. The Hall–Kier alpha value is -2.18. The van der Waals surface area contributed by atoms with Crippen LogP contribution in [0.3, 0.4) is 0 Å². The Morgan fingerprint density at radius 1 is 1.07 bits per heavy atom. The van der Waals surface area contributed by atoms with Crippen molar-refractivity contribution in [1.82, 2.24) is 9.80 Å². The van der Waals surface area contributed by atoms with Crippen molar-refractivity contribution in [1.29, 1.82) is 0 Å². The zero-order valence-corrected chi connectivity index (χ0v) is 18.6. The summed E-state index contributed by atoms with van der Waals surface area (Å²) in [4.78, 5) is 29.6. The third-order valence-electron chi connectivity index (χ3n) is 6.00. The number of hydrogen-bond donors (Lipinski definition) is 1. The van der Waals surface area contributed by atoms with Crippen LogP contribution in [0.4, 0.5) is 10.5 Å². The zero-order valence-electron chi connectivity index (χ0n) is 17.1. The summed E-state index contributed by atoms with van der Waals surface area (Å²) in [7, 11) is 0. The molecular weight excluding hydrogens is 418 g/mol. The lowest BCUT2D eigenvalue weighted by atomic mass is 10.0. The number of rotatable bonds is 3. The van der Waals surface area contributed by atoms with E-state index in [-0.39, 0.29) is 16.8 Å². The first kappa shape index (κ1) is 21.1. The standard InChI is InChI=1S/C23H26ClN3O2S/c1-2-17-7-3-6-10-20(17)25-22(29)26-13-11-23(12-14-26)27(15-16-30-23)21(28)18-8-4-5-9-19(18)24/h3-10H,2,11-16H2,1H3,(H,25,29). The number of piperidine rings is 1. The third-order valence-corrected chi connectivity index (χ3v) is 7.88. The van der Waals surface area contributed by atoms with Crippen LogP contribution in [0.2, 0.25) is 5.02 Å². The van der Waals surface area contributed by atoms with Gasteiger partial charge in [-0.1, -0.05) is 48.9 Å². The summed E-state index contributed by atoms with van der Waals surface area (Å²) < 4.78 is 0. The number of benzene rings is 2. The maximum absolute atomic E-state index is 13.2. The number of nitrogens with one attached hydrogen (secondary N) is 1. The number of anilines is 1. The number of carbonyl (C=O) groups excluding carboxylic acids is 2. The van der Waals surface area contributed by atoms with Crippen LogP contribution in [0, 0.1) is 0 Å². The van der Waals surface area contributed by atoms with E-state index in [1.165, 1.54) is 0 Å². The molecule has 2 saturated heterocycles. The number of urea groups is 1. The number of carbonyl (C=O) groups is 2. The molecule has 5 nitrogen and oxygen atoms in total. The van der Waals surface area contributed by atoms with Crippen molar-refractivity contribution < 1.29 is 9.59 Å². The van der Waals surface area contributed by atoms with Gasteiger partial charge in [-0.2, -0.15) is 0 Å². The summed E-state index contributed by atoms with van der Waals surface area (Å²) in [5.74, 6) is 0.895. The van der Waals surface area contributed by atoms with Crippen molar-refractivity contribution in [3.63, 3.8) is 0 Å². The number of para-hydroxylation sites is 1. The molecule has 3 amide bonds. The Balaban J connectivity index is 1.43. The van der Waals surface area contributed by atoms with Gasteiger partial charge < -0.3 is 15.1 Å². The molecule has 30 heavy (non-hydrogen) atoms. The Morgan fingerprint density at radius 3 is 2.50 bits per heavy atom. The van der Waals surface area contributed by atoms with Crippen LogP contribution in [0.25, 0.3) is 0 Å². The summed E-state index contributed by atoms with van der Waals surface area (Å²) in [6.07, 6.45) is 2.39. The van der Waals surface area contributed by atoms with Crippen LogP contribution in [0.1, 0.15) is 35.7 Å². The highest BCUT2D eigenvalue weighted by Crippen LogP contribution is 2.45. The molecule has 2 aliphatic heterocycles. The van der Waals surface area contributed by atoms with E-state index < -0.39 is 0 Å². The summed E-state index contributed by atoms with van der Waals surface area (Å²) >= 11 is 8.11. The van der Waals surface area contributed by atoms with Gasteiger partial charge in [0.05, 0.1) is 15.5 Å². The van der Waals surface area contributed by atoms with Gasteiger partial charge in [-0.25, -0.2) is 4.79 Å². The van der Waals surface area contributed by atoms with Crippen molar-refractivity contribution >= 4 is 41.0 Å². The number of amides is 3. The SMILES string of the molecule is CCc1ccccc1NC(=O)N1CCC2(CC1)SCCN2C(=O)c1ccccc1Cl. The van der Waals surface area contributed by atoms with E-state index in [1.807, 2.05) is 58.0 Å². The first-order valence-electron chi connectivity index (χ1n) is 10.4. The molecule has 0 atom stereocenters. The normalized spacial score (nSPS) is 17.9. The van der Waals surface area contributed by atoms with Crippen molar-refractivity contribution in [3.05, 3.63) is 64.7 Å². The van der Waals surface area contributed by atoms with Crippen molar-refractivity contribution in [2.45, 2.75) is 31.1 Å². The highest BCUT2D eigenvalue weighted by atomic mass is 35.5. The molecule has 2 aliphatic rings. The van der Waals surface area contributed by atoms with Gasteiger partial charge in [0.2, 0.25) is 0 Å². The minimum absolute atomic E-state index is 0.0135. The Labute approximate surface area is 186 Å². The van der Waals surface area contributed by atoms with Gasteiger partial charge in [0.25, 0.3) is 5.91 Å². The third kappa shape index (κ3) is 4.03. The lowest BCUT2D eigenvalue weighted by Crippen LogP contribution is -2.54. The van der Waals surface area contributed by atoms with Gasteiger partial charge >= 0.3 is 6.03 Å². The maximum atomic E-state index is 13.2. The maximum Gasteiger partial charge on any atom is 0.321 e. The number of halogens is 1. The molecule has 0 radical (unpaired) electrons. The number of nitrogens with zero attached hydrogens (tertiary/aromatic N) is 2. The highest BCUT2D eigenvalue weighted by Gasteiger charge is 2.47. The molecule has 0 saturated carbocycles. The molecule has 2 aromatic carbocycles. The Bertz CT molecular complexity index is 944. The molecule has 1 N–H and O–H groups in total. The second-order valence-electron chi connectivity index (χ2n) is 7.66. The number of thioether (sulfide) groups is 1. The van der Waals surface area contributed by atoms with Gasteiger partial charge in [-0.15, -0.1) is 11.8 Å². The first-order valence-corrected chi connectivity index (χ1v) is 11.7. The van der Waals surface area contributed by atoms with Gasteiger partial charge in [-0.3, -0.25) is 4.79 Å².